The fraction of sp³-hybridized carbons (Fsp3) is 0.222. The molecule has 0 radical (unpaired) electrons. The van der Waals surface area contributed by atoms with Crippen LogP contribution in [0.2, 0.25) is 10.0 Å². The molecule has 5 heteroatoms. The maximum absolute atomic E-state index is 11.1. The maximum atomic E-state index is 11.1. The van der Waals surface area contributed by atoms with Crippen LogP contribution in [0.3, 0.4) is 0 Å². The molecule has 1 rings (SSSR count). The molecule has 1 aromatic carbocycles. The van der Waals surface area contributed by atoms with Crippen molar-refractivity contribution in [3.63, 3.8) is 0 Å². The van der Waals surface area contributed by atoms with Crippen LogP contribution >= 0.6 is 34.8 Å². The molecule has 0 saturated carbocycles. The number of benzene rings is 1. The Hall–Kier alpha value is -0.440. The van der Waals surface area contributed by atoms with Crippen LogP contribution in [0, 0.1) is 0 Å². The Morgan fingerprint density at radius 3 is 2.64 bits per heavy atom. The summed E-state index contributed by atoms with van der Waals surface area (Å²) in [6.45, 7) is 0. The molecule has 0 aliphatic heterocycles. The molecular formula is C9H7Cl3O2. The zero-order valence-electron chi connectivity index (χ0n) is 7.26. The van der Waals surface area contributed by atoms with Crippen LogP contribution < -0.4 is 0 Å². The molecule has 0 fully saturated rings. The van der Waals surface area contributed by atoms with Crippen LogP contribution in [0.5, 0.6) is 0 Å². The van der Waals surface area contributed by atoms with Crippen molar-refractivity contribution in [2.45, 2.75) is 5.38 Å². The van der Waals surface area contributed by atoms with Gasteiger partial charge in [-0.25, -0.2) is 0 Å². The van der Waals surface area contributed by atoms with Gasteiger partial charge in [0.15, 0.2) is 5.38 Å². The highest BCUT2D eigenvalue weighted by Crippen LogP contribution is 2.33. The van der Waals surface area contributed by atoms with Crippen LogP contribution in [0.15, 0.2) is 18.2 Å². The van der Waals surface area contributed by atoms with E-state index in [1.165, 1.54) is 7.11 Å². The molecule has 0 bridgehead atoms. The smallest absolute Gasteiger partial charge is 0.328 e. The topological polar surface area (TPSA) is 26.3 Å². The molecule has 76 valence electrons. The SMILES string of the molecule is COC(=O)C(Cl)c1cccc(Cl)c1Cl. The second-order valence-corrected chi connectivity index (χ2v) is 3.75. The summed E-state index contributed by atoms with van der Waals surface area (Å²) in [6, 6.07) is 4.92. The van der Waals surface area contributed by atoms with Gasteiger partial charge in [0, 0.05) is 5.56 Å². The van der Waals surface area contributed by atoms with Crippen LogP contribution in [0.1, 0.15) is 10.9 Å². The van der Waals surface area contributed by atoms with Gasteiger partial charge in [-0.2, -0.15) is 0 Å². The summed E-state index contributed by atoms with van der Waals surface area (Å²) in [5, 5.41) is -0.288. The van der Waals surface area contributed by atoms with Gasteiger partial charge in [-0.1, -0.05) is 35.3 Å². The third-order valence-corrected chi connectivity index (χ3v) is 2.91. The Morgan fingerprint density at radius 2 is 2.07 bits per heavy atom. The number of hydrogen-bond donors (Lipinski definition) is 0. The summed E-state index contributed by atoms with van der Waals surface area (Å²) in [5.41, 5.74) is 0.452. The van der Waals surface area contributed by atoms with Crippen molar-refractivity contribution < 1.29 is 9.53 Å². The number of carbonyl (C=O) groups is 1. The first-order chi connectivity index (χ1) is 6.57. The number of halogens is 3. The second kappa shape index (κ2) is 4.87. The van der Waals surface area contributed by atoms with Crippen molar-refractivity contribution in [1.29, 1.82) is 0 Å². The van der Waals surface area contributed by atoms with E-state index in [1.807, 2.05) is 0 Å². The molecular weight excluding hydrogens is 246 g/mol. The van der Waals surface area contributed by atoms with E-state index in [9.17, 15) is 4.79 Å². The lowest BCUT2D eigenvalue weighted by atomic mass is 10.1. The minimum Gasteiger partial charge on any atom is -0.468 e. The van der Waals surface area contributed by atoms with E-state index >= 15 is 0 Å². The molecule has 0 aromatic heterocycles. The van der Waals surface area contributed by atoms with E-state index in [1.54, 1.807) is 18.2 Å². The van der Waals surface area contributed by atoms with Crippen molar-refractivity contribution in [3.8, 4) is 0 Å². The van der Waals surface area contributed by atoms with Crippen molar-refractivity contribution >= 4 is 40.8 Å². The Morgan fingerprint density at radius 1 is 1.43 bits per heavy atom. The van der Waals surface area contributed by atoms with Gasteiger partial charge in [0.05, 0.1) is 17.2 Å². The molecule has 0 heterocycles. The van der Waals surface area contributed by atoms with Crippen molar-refractivity contribution in [1.82, 2.24) is 0 Å². The summed E-state index contributed by atoms with van der Waals surface area (Å²) >= 11 is 17.4. The van der Waals surface area contributed by atoms with Gasteiger partial charge in [-0.05, 0) is 6.07 Å². The molecule has 1 atom stereocenters. The first kappa shape index (κ1) is 11.6. The maximum Gasteiger partial charge on any atom is 0.328 e. The molecule has 0 aliphatic carbocycles. The summed E-state index contributed by atoms with van der Waals surface area (Å²) in [5.74, 6) is -0.559. The molecule has 1 unspecified atom stereocenters. The fourth-order valence-corrected chi connectivity index (χ4v) is 1.69. The van der Waals surface area contributed by atoms with Gasteiger partial charge in [0.25, 0.3) is 0 Å². The van der Waals surface area contributed by atoms with Gasteiger partial charge in [0.2, 0.25) is 0 Å². The van der Waals surface area contributed by atoms with Gasteiger partial charge >= 0.3 is 5.97 Å². The van der Waals surface area contributed by atoms with Gasteiger partial charge in [-0.15, -0.1) is 11.6 Å². The zero-order chi connectivity index (χ0) is 10.7. The number of hydrogen-bond acceptors (Lipinski definition) is 2. The van der Waals surface area contributed by atoms with E-state index in [-0.39, 0.29) is 5.02 Å². The lowest BCUT2D eigenvalue weighted by molar-refractivity contribution is -0.140. The molecule has 0 saturated heterocycles. The fourth-order valence-electron chi connectivity index (χ4n) is 0.947. The van der Waals surface area contributed by atoms with E-state index in [0.29, 0.717) is 10.6 Å². The lowest BCUT2D eigenvalue weighted by Gasteiger charge is -2.09. The Bertz CT molecular complexity index is 352. The van der Waals surface area contributed by atoms with Crippen LogP contribution in [0.4, 0.5) is 0 Å². The summed E-state index contributed by atoms with van der Waals surface area (Å²) in [6.07, 6.45) is 0. The highest BCUT2D eigenvalue weighted by molar-refractivity contribution is 6.43. The summed E-state index contributed by atoms with van der Waals surface area (Å²) in [4.78, 5) is 11.1. The van der Waals surface area contributed by atoms with E-state index in [4.69, 9.17) is 34.8 Å². The molecule has 2 nitrogen and oxygen atoms in total. The predicted molar refractivity (Wildman–Crippen MR) is 57.1 cm³/mol. The molecule has 1 aromatic rings. The highest BCUT2D eigenvalue weighted by Gasteiger charge is 2.21. The number of esters is 1. The van der Waals surface area contributed by atoms with Crippen LogP contribution in [-0.2, 0) is 9.53 Å². The quantitative estimate of drug-likeness (QED) is 0.596. The predicted octanol–water partition coefficient (Wildman–Crippen LogP) is 3.45. The number of alkyl halides is 1. The van der Waals surface area contributed by atoms with Gasteiger partial charge in [-0.3, -0.25) is 4.79 Å². The average molecular weight is 254 g/mol. The van der Waals surface area contributed by atoms with Gasteiger partial charge in [0.1, 0.15) is 0 Å². The van der Waals surface area contributed by atoms with Crippen LogP contribution in [-0.4, -0.2) is 13.1 Å². The number of rotatable bonds is 2. The molecule has 0 aliphatic rings. The van der Waals surface area contributed by atoms with E-state index < -0.39 is 11.3 Å². The molecule has 14 heavy (non-hydrogen) atoms. The van der Waals surface area contributed by atoms with E-state index in [2.05, 4.69) is 4.74 Å². The minimum atomic E-state index is -0.925. The normalized spacial score (nSPS) is 12.3. The molecule has 0 spiro atoms. The van der Waals surface area contributed by atoms with Crippen LogP contribution in [0.25, 0.3) is 0 Å². The van der Waals surface area contributed by atoms with Crippen molar-refractivity contribution in [3.05, 3.63) is 33.8 Å². The lowest BCUT2D eigenvalue weighted by Crippen LogP contribution is -2.09. The van der Waals surface area contributed by atoms with Gasteiger partial charge < -0.3 is 4.74 Å². The number of carbonyl (C=O) groups excluding carboxylic acids is 1. The minimum absolute atomic E-state index is 0.277. The molecule has 0 N–H and O–H groups in total. The summed E-state index contributed by atoms with van der Waals surface area (Å²) < 4.78 is 4.49. The summed E-state index contributed by atoms with van der Waals surface area (Å²) in [7, 11) is 1.26. The third kappa shape index (κ3) is 2.32. The zero-order valence-corrected chi connectivity index (χ0v) is 9.53. The monoisotopic (exact) mass is 252 g/mol. The highest BCUT2D eigenvalue weighted by atomic mass is 35.5. The van der Waals surface area contributed by atoms with E-state index in [0.717, 1.165) is 0 Å². The Kier molecular flexibility index (Phi) is 4.05. The first-order valence-corrected chi connectivity index (χ1v) is 4.93. The van der Waals surface area contributed by atoms with Crippen molar-refractivity contribution in [2.75, 3.05) is 7.11 Å². The largest absolute Gasteiger partial charge is 0.468 e. The third-order valence-electron chi connectivity index (χ3n) is 1.66. The standard InChI is InChI=1S/C9H7Cl3O2/c1-14-9(13)8(12)5-3-2-4-6(10)7(5)11/h2-4,8H,1H3. The molecule has 0 amide bonds. The number of methoxy groups -OCH3 is 1. The number of ether oxygens (including phenoxy) is 1. The second-order valence-electron chi connectivity index (χ2n) is 2.53. The Labute approximate surface area is 96.7 Å². The average Bonchev–Trinajstić information content (AvgIpc) is 2.20. The van der Waals surface area contributed by atoms with Crippen molar-refractivity contribution in [2.24, 2.45) is 0 Å². The Balaban J connectivity index is 3.07. The first-order valence-electron chi connectivity index (χ1n) is 3.73.